The van der Waals surface area contributed by atoms with E-state index in [-0.39, 0.29) is 0 Å². The molecule has 84 valence electrons. The van der Waals surface area contributed by atoms with Crippen molar-refractivity contribution in [1.29, 1.82) is 0 Å². The maximum atomic E-state index is 10.6. The van der Waals surface area contributed by atoms with E-state index in [9.17, 15) is 5.11 Å². The summed E-state index contributed by atoms with van der Waals surface area (Å²) in [7, 11) is 1.82. The molecule has 0 spiro atoms. The molecule has 0 amide bonds. The van der Waals surface area contributed by atoms with Gasteiger partial charge in [-0.2, -0.15) is 5.10 Å². The Bertz CT molecular complexity index is 505. The molecule has 0 saturated carbocycles. The van der Waals surface area contributed by atoms with Gasteiger partial charge in [0, 0.05) is 17.7 Å². The van der Waals surface area contributed by atoms with Crippen LogP contribution in [-0.4, -0.2) is 14.9 Å². The molecular formula is C12H13BrN2O. The molecule has 1 aromatic carbocycles. The lowest BCUT2D eigenvalue weighted by Gasteiger charge is -2.24. The monoisotopic (exact) mass is 280 g/mol. The van der Waals surface area contributed by atoms with Crippen molar-refractivity contribution in [1.82, 2.24) is 9.78 Å². The fourth-order valence-corrected chi connectivity index (χ4v) is 2.19. The van der Waals surface area contributed by atoms with Gasteiger partial charge in [-0.05, 0) is 30.7 Å². The molecule has 0 aliphatic carbocycles. The Morgan fingerprint density at radius 2 is 2.12 bits per heavy atom. The normalized spacial score (nSPS) is 14.8. The van der Waals surface area contributed by atoms with Crippen molar-refractivity contribution in [3.05, 3.63) is 52.3 Å². The van der Waals surface area contributed by atoms with Crippen LogP contribution in [0.1, 0.15) is 18.2 Å². The van der Waals surface area contributed by atoms with Crippen LogP contribution >= 0.6 is 15.9 Å². The smallest absolute Gasteiger partial charge is 0.128 e. The summed E-state index contributed by atoms with van der Waals surface area (Å²) < 4.78 is 2.63. The zero-order chi connectivity index (χ0) is 11.8. The number of halogens is 1. The van der Waals surface area contributed by atoms with Gasteiger partial charge in [0.05, 0.1) is 5.69 Å². The van der Waals surface area contributed by atoms with E-state index in [2.05, 4.69) is 21.0 Å². The number of nitrogens with zero attached hydrogens (tertiary/aromatic N) is 2. The van der Waals surface area contributed by atoms with Crippen LogP contribution in [0.5, 0.6) is 0 Å². The fraction of sp³-hybridized carbons (Fsp3) is 0.250. The lowest BCUT2D eigenvalue weighted by Crippen LogP contribution is -2.26. The van der Waals surface area contributed by atoms with Crippen LogP contribution in [0.2, 0.25) is 0 Å². The van der Waals surface area contributed by atoms with Gasteiger partial charge in [0.1, 0.15) is 5.60 Å². The third kappa shape index (κ3) is 1.90. The van der Waals surface area contributed by atoms with E-state index in [0.29, 0.717) is 0 Å². The molecule has 0 saturated heterocycles. The first-order valence-corrected chi connectivity index (χ1v) is 5.78. The first-order valence-electron chi connectivity index (χ1n) is 4.98. The lowest BCUT2D eigenvalue weighted by molar-refractivity contribution is 0.0928. The van der Waals surface area contributed by atoms with Crippen molar-refractivity contribution in [3.63, 3.8) is 0 Å². The Morgan fingerprint density at radius 1 is 1.38 bits per heavy atom. The maximum Gasteiger partial charge on any atom is 0.128 e. The van der Waals surface area contributed by atoms with Crippen LogP contribution in [-0.2, 0) is 12.6 Å². The summed E-state index contributed by atoms with van der Waals surface area (Å²) in [5.74, 6) is 0. The van der Waals surface area contributed by atoms with Crippen LogP contribution in [0.25, 0.3) is 0 Å². The maximum absolute atomic E-state index is 10.6. The summed E-state index contributed by atoms with van der Waals surface area (Å²) in [5.41, 5.74) is 0.575. The summed E-state index contributed by atoms with van der Waals surface area (Å²) >= 11 is 3.40. The Morgan fingerprint density at radius 3 is 2.69 bits per heavy atom. The van der Waals surface area contributed by atoms with E-state index in [1.807, 2.05) is 37.4 Å². The second kappa shape index (κ2) is 4.03. The average molecular weight is 281 g/mol. The van der Waals surface area contributed by atoms with E-state index in [1.54, 1.807) is 17.8 Å². The predicted octanol–water partition coefficient (Wildman–Crippen LogP) is 2.44. The summed E-state index contributed by atoms with van der Waals surface area (Å²) in [6.45, 7) is 1.77. The van der Waals surface area contributed by atoms with E-state index in [0.717, 1.165) is 15.7 Å². The second-order valence-electron chi connectivity index (χ2n) is 3.92. The summed E-state index contributed by atoms with van der Waals surface area (Å²) in [6, 6.07) is 9.47. The number of aromatic nitrogens is 2. The molecule has 2 aromatic rings. The lowest BCUT2D eigenvalue weighted by atomic mass is 9.92. The largest absolute Gasteiger partial charge is 0.379 e. The van der Waals surface area contributed by atoms with Gasteiger partial charge in [0.15, 0.2) is 0 Å². The molecule has 0 fully saturated rings. The molecule has 1 heterocycles. The van der Waals surface area contributed by atoms with E-state index in [4.69, 9.17) is 0 Å². The Kier molecular flexibility index (Phi) is 2.86. The van der Waals surface area contributed by atoms with Crippen molar-refractivity contribution >= 4 is 15.9 Å². The van der Waals surface area contributed by atoms with Crippen molar-refractivity contribution in [2.75, 3.05) is 0 Å². The molecule has 1 N–H and O–H groups in total. The average Bonchev–Trinajstić information content (AvgIpc) is 2.65. The van der Waals surface area contributed by atoms with Crippen molar-refractivity contribution in [2.24, 2.45) is 7.05 Å². The van der Waals surface area contributed by atoms with Crippen molar-refractivity contribution < 1.29 is 5.11 Å². The van der Waals surface area contributed by atoms with E-state index in [1.165, 1.54) is 0 Å². The Hall–Kier alpha value is -1.13. The number of aliphatic hydroxyl groups is 1. The number of rotatable bonds is 2. The molecule has 0 aliphatic heterocycles. The number of hydrogen-bond acceptors (Lipinski definition) is 2. The Balaban J connectivity index is 2.51. The number of aryl methyl sites for hydroxylation is 1. The molecule has 1 aromatic heterocycles. The summed E-state index contributed by atoms with van der Waals surface area (Å²) in [5, 5.41) is 14.6. The zero-order valence-electron chi connectivity index (χ0n) is 9.18. The zero-order valence-corrected chi connectivity index (χ0v) is 10.8. The fourth-order valence-electron chi connectivity index (χ4n) is 1.79. The number of hydrogen-bond donors (Lipinski definition) is 1. The molecule has 0 bridgehead atoms. The molecule has 4 heteroatoms. The SMILES string of the molecule is Cn1nccc1C(C)(O)c1cccc(Br)c1. The minimum Gasteiger partial charge on any atom is -0.379 e. The molecule has 1 unspecified atom stereocenters. The first-order chi connectivity index (χ1) is 7.51. The third-order valence-corrected chi connectivity index (χ3v) is 3.20. The van der Waals surface area contributed by atoms with Gasteiger partial charge >= 0.3 is 0 Å². The highest BCUT2D eigenvalue weighted by Crippen LogP contribution is 2.29. The molecule has 0 aliphatic rings. The van der Waals surface area contributed by atoms with Crippen LogP contribution in [0.3, 0.4) is 0 Å². The highest BCUT2D eigenvalue weighted by atomic mass is 79.9. The molecular weight excluding hydrogens is 268 g/mol. The van der Waals surface area contributed by atoms with Gasteiger partial charge in [-0.25, -0.2) is 0 Å². The first kappa shape index (κ1) is 11.4. The van der Waals surface area contributed by atoms with Gasteiger partial charge in [0.25, 0.3) is 0 Å². The van der Waals surface area contributed by atoms with E-state index < -0.39 is 5.60 Å². The minimum absolute atomic E-state index is 0.769. The molecule has 0 radical (unpaired) electrons. The minimum atomic E-state index is -1.03. The second-order valence-corrected chi connectivity index (χ2v) is 4.84. The van der Waals surface area contributed by atoms with E-state index >= 15 is 0 Å². The predicted molar refractivity (Wildman–Crippen MR) is 66.0 cm³/mol. The van der Waals surface area contributed by atoms with Crippen LogP contribution in [0.4, 0.5) is 0 Å². The van der Waals surface area contributed by atoms with Crippen molar-refractivity contribution in [2.45, 2.75) is 12.5 Å². The molecule has 3 nitrogen and oxygen atoms in total. The van der Waals surface area contributed by atoms with Gasteiger partial charge in [0.2, 0.25) is 0 Å². The van der Waals surface area contributed by atoms with Gasteiger partial charge in [-0.15, -0.1) is 0 Å². The molecule has 16 heavy (non-hydrogen) atoms. The topological polar surface area (TPSA) is 38.0 Å². The van der Waals surface area contributed by atoms with Crippen LogP contribution in [0.15, 0.2) is 41.0 Å². The molecule has 2 rings (SSSR count). The highest BCUT2D eigenvalue weighted by molar-refractivity contribution is 9.10. The van der Waals surface area contributed by atoms with Gasteiger partial charge in [-0.1, -0.05) is 28.1 Å². The van der Waals surface area contributed by atoms with Crippen molar-refractivity contribution in [3.8, 4) is 0 Å². The number of benzene rings is 1. The van der Waals surface area contributed by atoms with Gasteiger partial charge in [-0.3, -0.25) is 4.68 Å². The van der Waals surface area contributed by atoms with Crippen LogP contribution in [0, 0.1) is 0 Å². The standard InChI is InChI=1S/C12H13BrN2O/c1-12(16,11-6-7-14-15(11)2)9-4-3-5-10(13)8-9/h3-8,16H,1-2H3. The van der Waals surface area contributed by atoms with Crippen LogP contribution < -0.4 is 0 Å². The summed E-state index contributed by atoms with van der Waals surface area (Å²) in [6.07, 6.45) is 1.68. The van der Waals surface area contributed by atoms with Gasteiger partial charge < -0.3 is 5.11 Å². The highest BCUT2D eigenvalue weighted by Gasteiger charge is 2.28. The molecule has 1 atom stereocenters. The third-order valence-electron chi connectivity index (χ3n) is 2.71. The quantitative estimate of drug-likeness (QED) is 0.918. The Labute approximate surface area is 103 Å². The summed E-state index contributed by atoms with van der Waals surface area (Å²) in [4.78, 5) is 0.